The van der Waals surface area contributed by atoms with Crippen LogP contribution < -0.4 is 19.8 Å². The van der Waals surface area contributed by atoms with Crippen LogP contribution in [-0.2, 0) is 4.74 Å². The largest absolute Gasteiger partial charge is 0.493 e. The van der Waals surface area contributed by atoms with E-state index in [0.717, 1.165) is 32.0 Å². The normalized spacial score (nSPS) is 16.2. The van der Waals surface area contributed by atoms with E-state index in [2.05, 4.69) is 22.7 Å². The van der Waals surface area contributed by atoms with Crippen molar-refractivity contribution < 1.29 is 23.9 Å². The summed E-state index contributed by atoms with van der Waals surface area (Å²) in [4.78, 5) is 14.0. The zero-order valence-corrected chi connectivity index (χ0v) is 17.1. The van der Waals surface area contributed by atoms with Crippen LogP contribution in [-0.4, -0.2) is 52.1 Å². The summed E-state index contributed by atoms with van der Waals surface area (Å²) < 4.78 is 16.0. The highest BCUT2D eigenvalue weighted by Crippen LogP contribution is 2.27. The van der Waals surface area contributed by atoms with Gasteiger partial charge < -0.3 is 19.1 Å². The Morgan fingerprint density at radius 2 is 1.76 bits per heavy atom. The molecule has 0 saturated carbocycles. The molecule has 0 aliphatic carbocycles. The maximum atomic E-state index is 12.6. The second kappa shape index (κ2) is 10.0. The molecule has 7 nitrogen and oxygen atoms in total. The first kappa shape index (κ1) is 20.8. The minimum atomic E-state index is -0.297. The summed E-state index contributed by atoms with van der Waals surface area (Å²) in [5, 5.41) is 4.43. The topological polar surface area (TPSA) is 73.6 Å². The van der Waals surface area contributed by atoms with Crippen LogP contribution in [0.5, 0.6) is 11.5 Å². The van der Waals surface area contributed by atoms with Gasteiger partial charge in [-0.15, -0.1) is 0 Å². The molecule has 0 unspecified atom stereocenters. The van der Waals surface area contributed by atoms with E-state index in [4.69, 9.17) is 14.2 Å². The van der Waals surface area contributed by atoms with E-state index < -0.39 is 0 Å². The fraction of sp³-hybridized carbons (Fsp3) is 0.364. The second-order valence-electron chi connectivity index (χ2n) is 6.88. The van der Waals surface area contributed by atoms with Crippen LogP contribution in [0.25, 0.3) is 0 Å². The van der Waals surface area contributed by atoms with Crippen LogP contribution >= 0.6 is 0 Å². The van der Waals surface area contributed by atoms with E-state index in [1.807, 2.05) is 25.1 Å². The molecule has 0 spiro atoms. The molecule has 154 valence electrons. The van der Waals surface area contributed by atoms with Crippen molar-refractivity contribution in [2.75, 3.05) is 40.5 Å². The number of quaternary nitrogens is 1. The molecule has 0 bridgehead atoms. The van der Waals surface area contributed by atoms with Crippen molar-refractivity contribution in [3.63, 3.8) is 0 Å². The predicted octanol–water partition coefficient (Wildman–Crippen LogP) is 1.47. The third-order valence-corrected chi connectivity index (χ3v) is 5.07. The van der Waals surface area contributed by atoms with Gasteiger partial charge >= 0.3 is 0 Å². The number of rotatable bonds is 7. The van der Waals surface area contributed by atoms with Crippen molar-refractivity contribution in [2.45, 2.75) is 13.0 Å². The van der Waals surface area contributed by atoms with Gasteiger partial charge in [-0.05, 0) is 25.1 Å². The fourth-order valence-corrected chi connectivity index (χ4v) is 3.59. The molecule has 1 amide bonds. The van der Waals surface area contributed by atoms with Gasteiger partial charge in [-0.25, -0.2) is 5.43 Å². The highest BCUT2D eigenvalue weighted by molar-refractivity contribution is 5.96. The lowest BCUT2D eigenvalue weighted by Gasteiger charge is -2.31. The van der Waals surface area contributed by atoms with Crippen molar-refractivity contribution >= 4 is 11.6 Å². The number of benzene rings is 2. The second-order valence-corrected chi connectivity index (χ2v) is 6.88. The number of nitrogens with one attached hydrogen (secondary N) is 2. The number of hydrogen-bond donors (Lipinski definition) is 2. The molecule has 2 N–H and O–H groups in total. The summed E-state index contributed by atoms with van der Waals surface area (Å²) in [6.07, 6.45) is 0. The number of methoxy groups -OCH3 is 2. The van der Waals surface area contributed by atoms with Gasteiger partial charge in [-0.3, -0.25) is 4.79 Å². The zero-order valence-electron chi connectivity index (χ0n) is 17.1. The van der Waals surface area contributed by atoms with Crippen molar-refractivity contribution in [2.24, 2.45) is 5.10 Å². The monoisotopic (exact) mass is 398 g/mol. The Labute approximate surface area is 171 Å². The Hall–Kier alpha value is -2.90. The van der Waals surface area contributed by atoms with Crippen LogP contribution in [0, 0.1) is 0 Å². The molecule has 1 heterocycles. The number of hydrazone groups is 1. The maximum Gasteiger partial charge on any atom is 0.271 e. The number of ether oxygens (including phenoxy) is 3. The molecule has 2 aromatic rings. The average Bonchev–Trinajstić information content (AvgIpc) is 2.78. The molecular formula is C22H28N3O4+. The van der Waals surface area contributed by atoms with E-state index in [1.54, 1.807) is 25.3 Å². The van der Waals surface area contributed by atoms with Gasteiger partial charge in [0.15, 0.2) is 17.5 Å². The summed E-state index contributed by atoms with van der Waals surface area (Å²) in [7, 11) is 3.10. The number of nitrogens with zero attached hydrogens (tertiary/aromatic N) is 1. The van der Waals surface area contributed by atoms with Crippen LogP contribution in [0.15, 0.2) is 53.6 Å². The van der Waals surface area contributed by atoms with E-state index in [1.165, 1.54) is 17.6 Å². The summed E-state index contributed by atoms with van der Waals surface area (Å²) >= 11 is 0. The minimum absolute atomic E-state index is 0.0609. The van der Waals surface area contributed by atoms with Crippen LogP contribution in [0.3, 0.4) is 0 Å². The number of amides is 1. The summed E-state index contributed by atoms with van der Waals surface area (Å²) in [5.41, 5.74) is 5.16. The molecule has 1 saturated heterocycles. The molecule has 1 fully saturated rings. The Morgan fingerprint density at radius 3 is 2.41 bits per heavy atom. The Kier molecular flexibility index (Phi) is 7.21. The van der Waals surface area contributed by atoms with E-state index in [-0.39, 0.29) is 11.9 Å². The molecule has 1 atom stereocenters. The van der Waals surface area contributed by atoms with E-state index in [0.29, 0.717) is 17.1 Å². The third kappa shape index (κ3) is 5.13. The lowest BCUT2D eigenvalue weighted by molar-refractivity contribution is -0.928. The Balaban J connectivity index is 1.79. The number of carbonyl (C=O) groups excluding carboxylic acids is 1. The van der Waals surface area contributed by atoms with Gasteiger partial charge in [0.1, 0.15) is 13.1 Å². The molecule has 29 heavy (non-hydrogen) atoms. The van der Waals surface area contributed by atoms with Crippen LogP contribution in [0.2, 0.25) is 0 Å². The van der Waals surface area contributed by atoms with Crippen LogP contribution in [0.1, 0.15) is 28.9 Å². The first-order chi connectivity index (χ1) is 14.1. The molecule has 7 heteroatoms. The number of morpholine rings is 1. The van der Waals surface area contributed by atoms with Gasteiger partial charge in [-0.2, -0.15) is 5.10 Å². The third-order valence-electron chi connectivity index (χ3n) is 5.07. The SMILES string of the molecule is COc1ccc(C(=O)N/N=C(/C)[C@@H](c2ccccc2)[NH+]2CCOCC2)cc1OC. The quantitative estimate of drug-likeness (QED) is 0.547. The van der Waals surface area contributed by atoms with Crippen molar-refractivity contribution in [1.29, 1.82) is 0 Å². The molecular weight excluding hydrogens is 370 g/mol. The molecule has 1 aliphatic heterocycles. The number of carbonyl (C=O) groups is 1. The highest BCUT2D eigenvalue weighted by atomic mass is 16.5. The number of hydrogen-bond acceptors (Lipinski definition) is 5. The smallest absolute Gasteiger partial charge is 0.271 e. The Morgan fingerprint density at radius 1 is 1.07 bits per heavy atom. The molecule has 0 radical (unpaired) electrons. The van der Waals surface area contributed by atoms with E-state index in [9.17, 15) is 4.79 Å². The summed E-state index contributed by atoms with van der Waals surface area (Å²) in [5.74, 6) is 0.777. The van der Waals surface area contributed by atoms with Gasteiger partial charge in [0.2, 0.25) is 0 Å². The summed E-state index contributed by atoms with van der Waals surface area (Å²) in [6.45, 7) is 5.20. The zero-order chi connectivity index (χ0) is 20.6. The Bertz CT molecular complexity index is 848. The summed E-state index contributed by atoms with van der Waals surface area (Å²) in [6, 6.07) is 15.3. The van der Waals surface area contributed by atoms with Crippen LogP contribution in [0.4, 0.5) is 0 Å². The fourth-order valence-electron chi connectivity index (χ4n) is 3.59. The van der Waals surface area contributed by atoms with Gasteiger partial charge in [0.25, 0.3) is 5.91 Å². The standard InChI is InChI=1S/C22H27N3O4/c1-16(21(17-7-5-4-6-8-17)25-11-13-29-14-12-25)23-24-22(26)18-9-10-19(27-2)20(15-18)28-3/h4-10,15,21H,11-14H2,1-3H3,(H,24,26)/p+1/b23-16-/t21-/m0/s1. The highest BCUT2D eigenvalue weighted by Gasteiger charge is 2.29. The molecule has 1 aliphatic rings. The predicted molar refractivity (Wildman–Crippen MR) is 111 cm³/mol. The molecule has 2 aromatic carbocycles. The van der Waals surface area contributed by atoms with E-state index >= 15 is 0 Å². The van der Waals surface area contributed by atoms with Crippen molar-refractivity contribution in [3.05, 3.63) is 59.7 Å². The first-order valence-corrected chi connectivity index (χ1v) is 9.68. The molecule has 3 rings (SSSR count). The van der Waals surface area contributed by atoms with Gasteiger partial charge in [0, 0.05) is 11.1 Å². The minimum Gasteiger partial charge on any atom is -0.493 e. The van der Waals surface area contributed by atoms with Crippen molar-refractivity contribution in [3.8, 4) is 11.5 Å². The van der Waals surface area contributed by atoms with Gasteiger partial charge in [0.05, 0.1) is 33.1 Å². The van der Waals surface area contributed by atoms with Crippen molar-refractivity contribution in [1.82, 2.24) is 5.43 Å². The lowest BCUT2D eigenvalue weighted by atomic mass is 10.0. The average molecular weight is 398 g/mol. The lowest BCUT2D eigenvalue weighted by Crippen LogP contribution is -3.15. The first-order valence-electron chi connectivity index (χ1n) is 9.68. The van der Waals surface area contributed by atoms with Gasteiger partial charge in [-0.1, -0.05) is 30.3 Å². The maximum absolute atomic E-state index is 12.6. The molecule has 0 aromatic heterocycles.